The van der Waals surface area contributed by atoms with Crippen LogP contribution in [0.5, 0.6) is 0 Å². The number of benzene rings is 2. The molecule has 2 aromatic rings. The summed E-state index contributed by atoms with van der Waals surface area (Å²) < 4.78 is 5.81. The van der Waals surface area contributed by atoms with E-state index in [9.17, 15) is 9.90 Å². The first-order chi connectivity index (χ1) is 12.2. The Morgan fingerprint density at radius 2 is 1.64 bits per heavy atom. The fourth-order valence-electron chi connectivity index (χ4n) is 3.18. The predicted octanol–water partition coefficient (Wildman–Crippen LogP) is 1.34. The monoisotopic (exact) mass is 340 g/mol. The average Bonchev–Trinajstić information content (AvgIpc) is 2.67. The van der Waals surface area contributed by atoms with Crippen molar-refractivity contribution in [3.05, 3.63) is 71.8 Å². The minimum atomic E-state index is -0.585. The normalized spacial score (nSPS) is 21.0. The molecule has 0 radical (unpaired) electrons. The van der Waals surface area contributed by atoms with Gasteiger partial charge in [0.1, 0.15) is 0 Å². The fourth-order valence-corrected chi connectivity index (χ4v) is 3.18. The summed E-state index contributed by atoms with van der Waals surface area (Å²) in [5.41, 5.74) is 8.21. The van der Waals surface area contributed by atoms with Crippen LogP contribution in [0.4, 0.5) is 0 Å². The van der Waals surface area contributed by atoms with E-state index in [2.05, 4.69) is 0 Å². The van der Waals surface area contributed by atoms with Crippen molar-refractivity contribution in [3.63, 3.8) is 0 Å². The molecule has 25 heavy (non-hydrogen) atoms. The molecule has 5 nitrogen and oxygen atoms in total. The van der Waals surface area contributed by atoms with E-state index >= 15 is 0 Å². The minimum Gasteiger partial charge on any atom is -0.395 e. The van der Waals surface area contributed by atoms with E-state index < -0.39 is 12.1 Å². The molecule has 2 aromatic carbocycles. The summed E-state index contributed by atoms with van der Waals surface area (Å²) in [6.07, 6.45) is 0.172. The third-order valence-electron chi connectivity index (χ3n) is 4.60. The maximum Gasteiger partial charge on any atom is 0.254 e. The van der Waals surface area contributed by atoms with E-state index in [-0.39, 0.29) is 18.6 Å². The topological polar surface area (TPSA) is 75.8 Å². The van der Waals surface area contributed by atoms with Gasteiger partial charge < -0.3 is 20.5 Å². The summed E-state index contributed by atoms with van der Waals surface area (Å²) in [6.45, 7) is 0.760. The number of carbonyl (C=O) groups is 1. The molecule has 5 heteroatoms. The zero-order valence-electron chi connectivity index (χ0n) is 14.1. The number of likely N-dealkylation sites (tertiary alicyclic amines) is 1. The van der Waals surface area contributed by atoms with Crippen molar-refractivity contribution >= 4 is 5.91 Å². The van der Waals surface area contributed by atoms with Crippen LogP contribution in [-0.2, 0) is 22.6 Å². The Morgan fingerprint density at radius 1 is 1.04 bits per heavy atom. The molecule has 132 valence electrons. The van der Waals surface area contributed by atoms with Crippen molar-refractivity contribution in [2.45, 2.75) is 31.2 Å². The van der Waals surface area contributed by atoms with Crippen LogP contribution in [-0.4, -0.2) is 47.3 Å². The van der Waals surface area contributed by atoms with Crippen LogP contribution in [0.3, 0.4) is 0 Å². The van der Waals surface area contributed by atoms with Gasteiger partial charge in [-0.3, -0.25) is 4.79 Å². The summed E-state index contributed by atoms with van der Waals surface area (Å²) in [6, 6.07) is 18.9. The molecular weight excluding hydrogens is 316 g/mol. The average molecular weight is 340 g/mol. The molecule has 1 aliphatic rings. The van der Waals surface area contributed by atoms with E-state index in [0.29, 0.717) is 13.2 Å². The van der Waals surface area contributed by atoms with E-state index in [1.165, 1.54) is 5.56 Å². The number of ether oxygens (including phenoxy) is 1. The van der Waals surface area contributed by atoms with Crippen LogP contribution in [0.15, 0.2) is 60.7 Å². The zero-order chi connectivity index (χ0) is 17.6. The van der Waals surface area contributed by atoms with Gasteiger partial charge in [-0.1, -0.05) is 60.7 Å². The van der Waals surface area contributed by atoms with Gasteiger partial charge in [0, 0.05) is 6.54 Å². The van der Waals surface area contributed by atoms with Gasteiger partial charge >= 0.3 is 0 Å². The van der Waals surface area contributed by atoms with Crippen LogP contribution < -0.4 is 5.73 Å². The Balaban J connectivity index is 1.61. The van der Waals surface area contributed by atoms with E-state index in [4.69, 9.17) is 10.5 Å². The second-order valence-electron chi connectivity index (χ2n) is 6.32. The van der Waals surface area contributed by atoms with E-state index in [1.807, 2.05) is 60.7 Å². The fraction of sp³-hybridized carbons (Fsp3) is 0.350. The number of amides is 1. The van der Waals surface area contributed by atoms with Gasteiger partial charge in [0.2, 0.25) is 0 Å². The summed E-state index contributed by atoms with van der Waals surface area (Å²) in [7, 11) is 0. The van der Waals surface area contributed by atoms with Gasteiger partial charge in [0.05, 0.1) is 25.3 Å². The van der Waals surface area contributed by atoms with Crippen molar-refractivity contribution in [1.29, 1.82) is 0 Å². The van der Waals surface area contributed by atoms with Crippen molar-refractivity contribution in [3.8, 4) is 0 Å². The molecule has 0 aromatic heterocycles. The molecule has 3 rings (SSSR count). The van der Waals surface area contributed by atoms with Gasteiger partial charge in [0.25, 0.3) is 5.91 Å². The summed E-state index contributed by atoms with van der Waals surface area (Å²) in [5, 5.41) is 9.44. The standard InChI is InChI=1S/C20H24N2O3/c21-17(13-23)18-19(25-14-16-9-5-2-6-10-16)20(24)22(18)12-11-15-7-3-1-4-8-15/h1-10,17-19,23H,11-14,21H2/t17-,18-,19+/m0/s1. The van der Waals surface area contributed by atoms with Gasteiger partial charge in [-0.2, -0.15) is 0 Å². The van der Waals surface area contributed by atoms with Crippen LogP contribution in [0.25, 0.3) is 0 Å². The van der Waals surface area contributed by atoms with Crippen LogP contribution in [0.2, 0.25) is 0 Å². The Morgan fingerprint density at radius 3 is 2.24 bits per heavy atom. The summed E-state index contributed by atoms with van der Waals surface area (Å²) in [4.78, 5) is 14.2. The number of aliphatic hydroxyl groups is 1. The first kappa shape index (κ1) is 17.6. The number of hydrogen-bond donors (Lipinski definition) is 2. The molecule has 0 bridgehead atoms. The lowest BCUT2D eigenvalue weighted by Gasteiger charge is -2.49. The molecule has 0 saturated carbocycles. The van der Waals surface area contributed by atoms with Gasteiger partial charge in [0.15, 0.2) is 6.10 Å². The quantitative estimate of drug-likeness (QED) is 0.711. The molecular formula is C20H24N2O3. The summed E-state index contributed by atoms with van der Waals surface area (Å²) >= 11 is 0. The van der Waals surface area contributed by atoms with Crippen LogP contribution >= 0.6 is 0 Å². The molecule has 1 amide bonds. The molecule has 1 aliphatic heterocycles. The minimum absolute atomic E-state index is 0.0548. The molecule has 1 saturated heterocycles. The van der Waals surface area contributed by atoms with Gasteiger partial charge in [-0.25, -0.2) is 0 Å². The zero-order valence-corrected chi connectivity index (χ0v) is 14.1. The highest BCUT2D eigenvalue weighted by atomic mass is 16.5. The smallest absolute Gasteiger partial charge is 0.254 e. The first-order valence-electron chi connectivity index (χ1n) is 8.57. The Labute approximate surface area is 148 Å². The van der Waals surface area contributed by atoms with E-state index in [0.717, 1.165) is 12.0 Å². The number of β-lactam (4-membered cyclic amide) rings is 1. The van der Waals surface area contributed by atoms with Crippen molar-refractivity contribution in [2.24, 2.45) is 5.73 Å². The Hall–Kier alpha value is -2.21. The Bertz CT molecular complexity index is 624. The lowest BCUT2D eigenvalue weighted by Crippen LogP contribution is -2.72. The second-order valence-corrected chi connectivity index (χ2v) is 6.32. The predicted molar refractivity (Wildman–Crippen MR) is 95.7 cm³/mol. The molecule has 0 spiro atoms. The highest BCUT2D eigenvalue weighted by Crippen LogP contribution is 2.26. The second kappa shape index (κ2) is 8.25. The first-order valence-corrected chi connectivity index (χ1v) is 8.57. The highest BCUT2D eigenvalue weighted by molar-refractivity contribution is 5.88. The summed E-state index contributed by atoms with van der Waals surface area (Å²) in [5.74, 6) is -0.0548. The third-order valence-corrected chi connectivity index (χ3v) is 4.60. The maximum atomic E-state index is 12.5. The Kier molecular flexibility index (Phi) is 5.81. The molecule has 1 fully saturated rings. The third kappa shape index (κ3) is 4.07. The lowest BCUT2D eigenvalue weighted by atomic mass is 9.90. The van der Waals surface area contributed by atoms with Crippen molar-refractivity contribution in [2.75, 3.05) is 13.2 Å². The molecule has 0 unspecified atom stereocenters. The highest BCUT2D eigenvalue weighted by Gasteiger charge is 2.50. The van der Waals surface area contributed by atoms with Crippen molar-refractivity contribution < 1.29 is 14.6 Å². The van der Waals surface area contributed by atoms with Gasteiger partial charge in [-0.05, 0) is 17.5 Å². The van der Waals surface area contributed by atoms with Gasteiger partial charge in [-0.15, -0.1) is 0 Å². The molecule has 3 atom stereocenters. The van der Waals surface area contributed by atoms with Crippen LogP contribution in [0, 0.1) is 0 Å². The molecule has 1 heterocycles. The number of aliphatic hydroxyl groups excluding tert-OH is 1. The number of nitrogens with zero attached hydrogens (tertiary/aromatic N) is 1. The number of nitrogens with two attached hydrogens (primary N) is 1. The lowest BCUT2D eigenvalue weighted by molar-refractivity contribution is -0.178. The van der Waals surface area contributed by atoms with Crippen molar-refractivity contribution in [1.82, 2.24) is 4.90 Å². The van der Waals surface area contributed by atoms with Crippen LogP contribution in [0.1, 0.15) is 11.1 Å². The number of hydrogen-bond acceptors (Lipinski definition) is 4. The van der Waals surface area contributed by atoms with E-state index in [1.54, 1.807) is 4.90 Å². The SMILES string of the molecule is N[C@@H](CO)[C@H]1[C@@H](OCc2ccccc2)C(=O)N1CCc1ccccc1. The number of carbonyl (C=O) groups excluding carboxylic acids is 1. The largest absolute Gasteiger partial charge is 0.395 e. The maximum absolute atomic E-state index is 12.5. The number of rotatable bonds is 8. The molecule has 0 aliphatic carbocycles. The molecule has 3 N–H and O–H groups in total.